The van der Waals surface area contributed by atoms with Gasteiger partial charge >= 0.3 is 5.69 Å². The van der Waals surface area contributed by atoms with Gasteiger partial charge in [-0.2, -0.15) is 0 Å². The fourth-order valence-corrected chi connectivity index (χ4v) is 1.10. The Bertz CT molecular complexity index is 404. The van der Waals surface area contributed by atoms with E-state index in [0.29, 0.717) is 5.03 Å². The van der Waals surface area contributed by atoms with Crippen LogP contribution in [-0.4, -0.2) is 11.5 Å². The maximum atomic E-state index is 10.6. The summed E-state index contributed by atoms with van der Waals surface area (Å²) in [6, 6.07) is 4.65. The van der Waals surface area contributed by atoms with Crippen molar-refractivity contribution in [3.05, 3.63) is 45.5 Å². The number of nitro groups is 1. The molecule has 15 heavy (non-hydrogen) atoms. The molecule has 0 aliphatic rings. The largest absolute Gasteiger partial charge is 0.481 e. The van der Waals surface area contributed by atoms with Crippen molar-refractivity contribution in [1.29, 1.82) is 0 Å². The summed E-state index contributed by atoms with van der Waals surface area (Å²) in [5.74, 6) is 0.210. The molecule has 1 aromatic rings. The number of rotatable bonds is 4. The number of nitro benzene ring substituents is 1. The van der Waals surface area contributed by atoms with E-state index >= 15 is 0 Å². The van der Waals surface area contributed by atoms with Crippen molar-refractivity contribution in [2.24, 2.45) is 0 Å². The lowest BCUT2D eigenvalue weighted by Gasteiger charge is -2.06. The number of hydrogen-bond acceptors (Lipinski definition) is 3. The molecule has 0 amide bonds. The minimum Gasteiger partial charge on any atom is -0.481 e. The quantitative estimate of drug-likeness (QED) is 0.587. The zero-order valence-corrected chi connectivity index (χ0v) is 8.95. The van der Waals surface area contributed by atoms with Gasteiger partial charge in [0.05, 0.1) is 4.92 Å². The summed E-state index contributed by atoms with van der Waals surface area (Å²) in [6.45, 7) is 5.32. The number of nitrogens with zero attached hydrogens (tertiary/aromatic N) is 1. The zero-order valence-electron chi connectivity index (χ0n) is 8.20. The van der Waals surface area contributed by atoms with Crippen LogP contribution in [0.25, 0.3) is 0 Å². The van der Waals surface area contributed by atoms with Gasteiger partial charge in [0.2, 0.25) is 0 Å². The monoisotopic (exact) mass is 227 g/mol. The molecule has 0 saturated heterocycles. The molecule has 4 nitrogen and oxygen atoms in total. The molecule has 0 N–H and O–H groups in total. The average molecular weight is 228 g/mol. The second kappa shape index (κ2) is 4.79. The Hall–Kier alpha value is -1.55. The molecule has 0 fully saturated rings. The van der Waals surface area contributed by atoms with Crippen molar-refractivity contribution in [3.8, 4) is 5.75 Å². The Morgan fingerprint density at radius 2 is 2.33 bits per heavy atom. The van der Waals surface area contributed by atoms with E-state index in [1.54, 1.807) is 12.1 Å². The first kappa shape index (κ1) is 11.5. The first-order valence-corrected chi connectivity index (χ1v) is 4.59. The average Bonchev–Trinajstić information content (AvgIpc) is 2.14. The maximum absolute atomic E-state index is 10.6. The van der Waals surface area contributed by atoms with Crippen LogP contribution in [0.5, 0.6) is 5.75 Å². The Morgan fingerprint density at radius 1 is 1.67 bits per heavy atom. The Labute approximate surface area is 92.3 Å². The lowest BCUT2D eigenvalue weighted by molar-refractivity contribution is -0.385. The van der Waals surface area contributed by atoms with Crippen LogP contribution in [0.1, 0.15) is 5.56 Å². The van der Waals surface area contributed by atoms with Gasteiger partial charge in [0.15, 0.2) is 5.75 Å². The summed E-state index contributed by atoms with van der Waals surface area (Å²) in [5.41, 5.74) is 0.814. The molecule has 80 valence electrons. The van der Waals surface area contributed by atoms with E-state index in [0.717, 1.165) is 5.56 Å². The van der Waals surface area contributed by atoms with Gasteiger partial charge < -0.3 is 4.74 Å². The highest BCUT2D eigenvalue weighted by molar-refractivity contribution is 6.29. The third-order valence-corrected chi connectivity index (χ3v) is 1.81. The predicted octanol–water partition coefficient (Wildman–Crippen LogP) is 3.03. The summed E-state index contributed by atoms with van der Waals surface area (Å²) >= 11 is 5.51. The standard InChI is InChI=1S/C10H10ClNO3/c1-7-3-4-9(12(13)14)10(5-7)15-6-8(2)11/h3-5H,2,6H2,1H3. The van der Waals surface area contributed by atoms with Gasteiger partial charge in [0.25, 0.3) is 0 Å². The molecule has 1 rings (SSSR count). The smallest absolute Gasteiger partial charge is 0.310 e. The second-order valence-electron chi connectivity index (χ2n) is 3.03. The first-order chi connectivity index (χ1) is 7.00. The van der Waals surface area contributed by atoms with E-state index in [4.69, 9.17) is 16.3 Å². The highest BCUT2D eigenvalue weighted by Gasteiger charge is 2.14. The number of ether oxygens (including phenoxy) is 1. The fraction of sp³-hybridized carbons (Fsp3) is 0.200. The Kier molecular flexibility index (Phi) is 3.68. The minimum absolute atomic E-state index is 0.0614. The molecule has 0 spiro atoms. The molecule has 1 aromatic carbocycles. The first-order valence-electron chi connectivity index (χ1n) is 4.22. The lowest BCUT2D eigenvalue weighted by atomic mass is 10.2. The number of hydrogen-bond donors (Lipinski definition) is 0. The van der Waals surface area contributed by atoms with Crippen molar-refractivity contribution in [2.45, 2.75) is 6.92 Å². The Balaban J connectivity index is 2.96. The molecule has 0 atom stereocenters. The molecule has 5 heteroatoms. The predicted molar refractivity (Wildman–Crippen MR) is 58.3 cm³/mol. The van der Waals surface area contributed by atoms with Crippen molar-refractivity contribution in [2.75, 3.05) is 6.61 Å². The van der Waals surface area contributed by atoms with Crippen LogP contribution in [0, 0.1) is 17.0 Å². The molecular weight excluding hydrogens is 218 g/mol. The zero-order chi connectivity index (χ0) is 11.4. The third-order valence-electron chi connectivity index (χ3n) is 1.70. The molecule has 0 aliphatic carbocycles. The minimum atomic E-state index is -0.494. The van der Waals surface area contributed by atoms with Crippen molar-refractivity contribution in [1.82, 2.24) is 0 Å². The van der Waals surface area contributed by atoms with E-state index in [2.05, 4.69) is 6.58 Å². The topological polar surface area (TPSA) is 52.4 Å². The fourth-order valence-electron chi connectivity index (χ4n) is 1.04. The molecule has 0 saturated carbocycles. The van der Waals surface area contributed by atoms with Crippen molar-refractivity contribution < 1.29 is 9.66 Å². The van der Waals surface area contributed by atoms with Crippen molar-refractivity contribution in [3.63, 3.8) is 0 Å². The van der Waals surface area contributed by atoms with Crippen LogP contribution in [0.2, 0.25) is 0 Å². The molecule has 0 heterocycles. The van der Waals surface area contributed by atoms with Crippen LogP contribution in [0.15, 0.2) is 29.8 Å². The van der Waals surface area contributed by atoms with Gasteiger partial charge in [-0.3, -0.25) is 10.1 Å². The number of halogens is 1. The summed E-state index contributed by atoms with van der Waals surface area (Å²) in [7, 11) is 0. The van der Waals surface area contributed by atoms with Crippen LogP contribution >= 0.6 is 11.6 Å². The van der Waals surface area contributed by atoms with Crippen LogP contribution in [0.4, 0.5) is 5.69 Å². The highest BCUT2D eigenvalue weighted by atomic mass is 35.5. The van der Waals surface area contributed by atoms with Crippen molar-refractivity contribution >= 4 is 17.3 Å². The third kappa shape index (κ3) is 3.25. The summed E-state index contributed by atoms with van der Waals surface area (Å²) in [5, 5.41) is 10.9. The van der Waals surface area contributed by atoms with Crippen LogP contribution < -0.4 is 4.74 Å². The molecule has 0 radical (unpaired) electrons. The van der Waals surface area contributed by atoms with Gasteiger partial charge in [-0.1, -0.05) is 24.2 Å². The van der Waals surface area contributed by atoms with E-state index in [9.17, 15) is 10.1 Å². The summed E-state index contributed by atoms with van der Waals surface area (Å²) < 4.78 is 5.17. The van der Waals surface area contributed by atoms with E-state index in [1.165, 1.54) is 6.07 Å². The molecule has 0 bridgehead atoms. The second-order valence-corrected chi connectivity index (χ2v) is 3.57. The number of aryl methyl sites for hydroxylation is 1. The SMILES string of the molecule is C=C(Cl)COc1cc(C)ccc1[N+](=O)[O-]. The van der Waals surface area contributed by atoms with Gasteiger partial charge in [-0.05, 0) is 18.6 Å². The Morgan fingerprint density at radius 3 is 2.87 bits per heavy atom. The van der Waals surface area contributed by atoms with Gasteiger partial charge in [-0.15, -0.1) is 0 Å². The molecule has 0 aliphatic heterocycles. The normalized spacial score (nSPS) is 9.73. The maximum Gasteiger partial charge on any atom is 0.310 e. The van der Waals surface area contributed by atoms with Gasteiger partial charge in [0.1, 0.15) is 6.61 Å². The summed E-state index contributed by atoms with van der Waals surface area (Å²) in [4.78, 5) is 10.2. The highest BCUT2D eigenvalue weighted by Crippen LogP contribution is 2.28. The lowest BCUT2D eigenvalue weighted by Crippen LogP contribution is -2.00. The van der Waals surface area contributed by atoms with E-state index < -0.39 is 4.92 Å². The van der Waals surface area contributed by atoms with Crippen LogP contribution in [-0.2, 0) is 0 Å². The number of benzene rings is 1. The van der Waals surface area contributed by atoms with E-state index in [-0.39, 0.29) is 18.0 Å². The molecular formula is C10H10ClNO3. The summed E-state index contributed by atoms with van der Waals surface area (Å²) in [6.07, 6.45) is 0. The van der Waals surface area contributed by atoms with E-state index in [1.807, 2.05) is 6.92 Å². The van der Waals surface area contributed by atoms with Gasteiger partial charge in [-0.25, -0.2) is 0 Å². The molecule has 0 unspecified atom stereocenters. The molecule has 0 aromatic heterocycles. The van der Waals surface area contributed by atoms with Crippen LogP contribution in [0.3, 0.4) is 0 Å². The van der Waals surface area contributed by atoms with Gasteiger partial charge in [0, 0.05) is 11.1 Å².